The van der Waals surface area contributed by atoms with Gasteiger partial charge >= 0.3 is 5.97 Å². The van der Waals surface area contributed by atoms with Gasteiger partial charge in [-0.25, -0.2) is 9.78 Å². The number of imidazole rings is 1. The molecule has 2 atom stereocenters. The van der Waals surface area contributed by atoms with Gasteiger partial charge < -0.3 is 14.8 Å². The van der Waals surface area contributed by atoms with Gasteiger partial charge in [0.25, 0.3) is 0 Å². The molecule has 0 amide bonds. The van der Waals surface area contributed by atoms with Gasteiger partial charge in [-0.1, -0.05) is 12.5 Å². The Morgan fingerprint density at radius 2 is 2.24 bits per heavy atom. The second kappa shape index (κ2) is 5.48. The van der Waals surface area contributed by atoms with Gasteiger partial charge in [0.1, 0.15) is 11.3 Å². The molecule has 1 aromatic carbocycles. The van der Waals surface area contributed by atoms with Crippen molar-refractivity contribution in [3.05, 3.63) is 29.6 Å². The molecule has 1 aliphatic carbocycles. The molecule has 1 aromatic heterocycles. The molecule has 5 heteroatoms. The topological polar surface area (TPSA) is 75.3 Å². The lowest BCUT2D eigenvalue weighted by molar-refractivity contribution is 0.0698. The lowest BCUT2D eigenvalue weighted by atomic mass is 9.87. The zero-order valence-electron chi connectivity index (χ0n) is 12.1. The number of aliphatic hydroxyl groups excluding tert-OH is 1. The Balaban J connectivity index is 1.97. The van der Waals surface area contributed by atoms with Gasteiger partial charge in [0.05, 0.1) is 17.2 Å². The Kier molecular flexibility index (Phi) is 3.68. The van der Waals surface area contributed by atoms with E-state index in [4.69, 9.17) is 0 Å². The van der Waals surface area contributed by atoms with E-state index < -0.39 is 5.97 Å². The van der Waals surface area contributed by atoms with Crippen LogP contribution in [0.1, 0.15) is 41.9 Å². The van der Waals surface area contributed by atoms with Crippen molar-refractivity contribution in [1.29, 1.82) is 0 Å². The van der Waals surface area contributed by atoms with Gasteiger partial charge in [-0.3, -0.25) is 0 Å². The van der Waals surface area contributed by atoms with Crippen molar-refractivity contribution in [1.82, 2.24) is 9.55 Å². The normalized spacial score (nSPS) is 22.6. The number of benzene rings is 1. The highest BCUT2D eigenvalue weighted by Gasteiger charge is 2.22. The molecule has 0 radical (unpaired) electrons. The second-order valence-electron chi connectivity index (χ2n) is 5.93. The number of hydrogen-bond donors (Lipinski definition) is 2. The van der Waals surface area contributed by atoms with Crippen LogP contribution in [0.25, 0.3) is 11.0 Å². The first kappa shape index (κ1) is 14.1. The van der Waals surface area contributed by atoms with Crippen molar-refractivity contribution >= 4 is 17.0 Å². The summed E-state index contributed by atoms with van der Waals surface area (Å²) in [6.45, 7) is 2.70. The third-order valence-corrected chi connectivity index (χ3v) is 4.40. The fourth-order valence-electron chi connectivity index (χ4n) is 3.35. The fourth-order valence-corrected chi connectivity index (χ4v) is 3.35. The first-order valence-corrected chi connectivity index (χ1v) is 7.43. The van der Waals surface area contributed by atoms with Crippen LogP contribution in [0.4, 0.5) is 0 Å². The minimum absolute atomic E-state index is 0.201. The van der Waals surface area contributed by atoms with Crippen LogP contribution in [0.5, 0.6) is 0 Å². The van der Waals surface area contributed by atoms with Gasteiger partial charge in [0, 0.05) is 6.54 Å². The predicted octanol–water partition coefficient (Wildman–Crippen LogP) is 2.59. The highest BCUT2D eigenvalue weighted by atomic mass is 16.4. The monoisotopic (exact) mass is 288 g/mol. The molecule has 1 fully saturated rings. The molecule has 1 saturated carbocycles. The first-order valence-electron chi connectivity index (χ1n) is 7.43. The summed E-state index contributed by atoms with van der Waals surface area (Å²) in [6.07, 6.45) is 3.67. The van der Waals surface area contributed by atoms with Gasteiger partial charge in [-0.05, 0) is 44.2 Å². The molecule has 0 bridgehead atoms. The van der Waals surface area contributed by atoms with Crippen LogP contribution in [0.15, 0.2) is 18.2 Å². The maximum Gasteiger partial charge on any atom is 0.337 e. The van der Waals surface area contributed by atoms with Crippen molar-refractivity contribution in [2.75, 3.05) is 0 Å². The van der Waals surface area contributed by atoms with E-state index in [-0.39, 0.29) is 11.7 Å². The lowest BCUT2D eigenvalue weighted by Crippen LogP contribution is -2.23. The Labute approximate surface area is 123 Å². The molecule has 2 unspecified atom stereocenters. The molecule has 1 heterocycles. The lowest BCUT2D eigenvalue weighted by Gasteiger charge is -2.26. The summed E-state index contributed by atoms with van der Waals surface area (Å²) in [5, 5.41) is 19.1. The van der Waals surface area contributed by atoms with E-state index in [1.54, 1.807) is 12.1 Å². The second-order valence-corrected chi connectivity index (χ2v) is 5.93. The molecule has 2 aromatic rings. The van der Waals surface area contributed by atoms with E-state index >= 15 is 0 Å². The van der Waals surface area contributed by atoms with Crippen LogP contribution in [-0.4, -0.2) is 31.8 Å². The molecule has 112 valence electrons. The number of para-hydroxylation sites is 1. The maximum absolute atomic E-state index is 11.3. The fraction of sp³-hybridized carbons (Fsp3) is 0.500. The van der Waals surface area contributed by atoms with Crippen LogP contribution in [-0.2, 0) is 6.54 Å². The zero-order chi connectivity index (χ0) is 15.0. The van der Waals surface area contributed by atoms with E-state index in [2.05, 4.69) is 9.55 Å². The minimum atomic E-state index is -0.946. The van der Waals surface area contributed by atoms with Crippen LogP contribution in [0.3, 0.4) is 0 Å². The van der Waals surface area contributed by atoms with E-state index in [0.29, 0.717) is 11.4 Å². The number of carboxylic acids is 1. The molecule has 0 spiro atoms. The first-order chi connectivity index (χ1) is 10.1. The molecule has 1 aliphatic rings. The third kappa shape index (κ3) is 2.65. The minimum Gasteiger partial charge on any atom is -0.478 e. The Hall–Kier alpha value is -1.88. The van der Waals surface area contributed by atoms with E-state index in [0.717, 1.165) is 43.6 Å². The van der Waals surface area contributed by atoms with Crippen LogP contribution >= 0.6 is 0 Å². The summed E-state index contributed by atoms with van der Waals surface area (Å²) in [4.78, 5) is 15.7. The van der Waals surface area contributed by atoms with Crippen molar-refractivity contribution in [2.24, 2.45) is 5.92 Å². The summed E-state index contributed by atoms with van der Waals surface area (Å²) in [6, 6.07) is 5.27. The van der Waals surface area contributed by atoms with Crippen molar-refractivity contribution in [3.8, 4) is 0 Å². The number of carboxylic acid groups (broad SMARTS) is 1. The number of aliphatic hydroxyl groups is 1. The number of aromatic nitrogens is 2. The number of fused-ring (bicyclic) bond motifs is 1. The van der Waals surface area contributed by atoms with Gasteiger partial charge in [0.2, 0.25) is 0 Å². The SMILES string of the molecule is Cc1nc2c(C(=O)O)cccc2n1CC1CCCC(O)C1. The van der Waals surface area contributed by atoms with E-state index in [1.807, 2.05) is 13.0 Å². The molecular formula is C16H20N2O3. The Bertz CT molecular complexity index is 677. The highest BCUT2D eigenvalue weighted by Crippen LogP contribution is 2.28. The number of hydrogen-bond acceptors (Lipinski definition) is 3. The molecule has 3 rings (SSSR count). The summed E-state index contributed by atoms with van der Waals surface area (Å²) >= 11 is 0. The average molecular weight is 288 g/mol. The van der Waals surface area contributed by atoms with E-state index in [1.165, 1.54) is 0 Å². The molecule has 0 saturated heterocycles. The summed E-state index contributed by atoms with van der Waals surface area (Å²) in [5.74, 6) is 0.315. The van der Waals surface area contributed by atoms with Crippen molar-refractivity contribution in [3.63, 3.8) is 0 Å². The van der Waals surface area contributed by atoms with Gasteiger partial charge in [-0.2, -0.15) is 0 Å². The number of rotatable bonds is 3. The summed E-state index contributed by atoms with van der Waals surface area (Å²) in [5.41, 5.74) is 1.67. The number of aryl methyl sites for hydroxylation is 1. The highest BCUT2D eigenvalue weighted by molar-refractivity contribution is 6.01. The molecule has 21 heavy (non-hydrogen) atoms. The Morgan fingerprint density at radius 3 is 2.95 bits per heavy atom. The Morgan fingerprint density at radius 1 is 1.43 bits per heavy atom. The summed E-state index contributed by atoms with van der Waals surface area (Å²) in [7, 11) is 0. The number of nitrogens with zero attached hydrogens (tertiary/aromatic N) is 2. The number of aromatic carboxylic acids is 1. The smallest absolute Gasteiger partial charge is 0.337 e. The van der Waals surface area contributed by atoms with Gasteiger partial charge in [-0.15, -0.1) is 0 Å². The van der Waals surface area contributed by atoms with E-state index in [9.17, 15) is 15.0 Å². The molecular weight excluding hydrogens is 268 g/mol. The molecule has 5 nitrogen and oxygen atoms in total. The summed E-state index contributed by atoms with van der Waals surface area (Å²) < 4.78 is 2.09. The van der Waals surface area contributed by atoms with Crippen molar-refractivity contribution < 1.29 is 15.0 Å². The average Bonchev–Trinajstić information content (AvgIpc) is 2.75. The van der Waals surface area contributed by atoms with Crippen LogP contribution in [0.2, 0.25) is 0 Å². The zero-order valence-corrected chi connectivity index (χ0v) is 12.1. The quantitative estimate of drug-likeness (QED) is 0.910. The van der Waals surface area contributed by atoms with Crippen molar-refractivity contribution in [2.45, 2.75) is 45.3 Å². The van der Waals surface area contributed by atoms with Gasteiger partial charge in [0.15, 0.2) is 0 Å². The van der Waals surface area contributed by atoms with Crippen LogP contribution < -0.4 is 0 Å². The maximum atomic E-state index is 11.3. The predicted molar refractivity (Wildman–Crippen MR) is 79.4 cm³/mol. The molecule has 2 N–H and O–H groups in total. The third-order valence-electron chi connectivity index (χ3n) is 4.40. The molecule has 0 aliphatic heterocycles. The standard InChI is InChI=1S/C16H20N2O3/c1-10-17-15-13(16(20)21)6-3-7-14(15)18(10)9-11-4-2-5-12(19)8-11/h3,6-7,11-12,19H,2,4-5,8-9H2,1H3,(H,20,21). The number of carbonyl (C=O) groups is 1. The largest absolute Gasteiger partial charge is 0.478 e. The van der Waals surface area contributed by atoms with Crippen LogP contribution in [0, 0.1) is 12.8 Å².